The smallest absolute Gasteiger partial charge is 0.230 e. The Morgan fingerprint density at radius 1 is 1.19 bits per heavy atom. The van der Waals surface area contributed by atoms with Crippen LogP contribution in [-0.4, -0.2) is 34.7 Å². The van der Waals surface area contributed by atoms with E-state index in [2.05, 4.69) is 35.5 Å². The highest BCUT2D eigenvalue weighted by Crippen LogP contribution is 2.28. The first-order valence-electron chi connectivity index (χ1n) is 7.96. The lowest BCUT2D eigenvalue weighted by Crippen LogP contribution is -2.05. The number of anilines is 2. The lowest BCUT2D eigenvalue weighted by molar-refractivity contribution is 0.688. The van der Waals surface area contributed by atoms with Crippen molar-refractivity contribution in [2.75, 3.05) is 5.32 Å². The van der Waals surface area contributed by atoms with Gasteiger partial charge in [-0.25, -0.2) is 15.0 Å². The first-order valence-corrected chi connectivity index (χ1v) is 9.33. The minimum Gasteiger partial charge on any atom is -0.340 e. The molecule has 26 heavy (non-hydrogen) atoms. The Morgan fingerprint density at radius 3 is 2.92 bits per heavy atom. The van der Waals surface area contributed by atoms with Crippen LogP contribution in [0.1, 0.15) is 12.5 Å². The molecule has 4 aromatic rings. The summed E-state index contributed by atoms with van der Waals surface area (Å²) in [6.07, 6.45) is 3.05. The summed E-state index contributed by atoms with van der Waals surface area (Å²) in [6.45, 7) is 2.76. The molecule has 3 heterocycles. The zero-order chi connectivity index (χ0) is 17.9. The van der Waals surface area contributed by atoms with E-state index in [1.807, 2.05) is 35.8 Å². The molecule has 4 rings (SSSR count). The van der Waals surface area contributed by atoms with Gasteiger partial charge < -0.3 is 10.3 Å². The predicted molar refractivity (Wildman–Crippen MR) is 102 cm³/mol. The second-order valence-corrected chi connectivity index (χ2v) is 6.73. The maximum Gasteiger partial charge on any atom is 0.230 e. The zero-order valence-corrected chi connectivity index (χ0v) is 15.4. The molecule has 0 bridgehead atoms. The molecule has 0 aliphatic carbocycles. The van der Waals surface area contributed by atoms with Gasteiger partial charge in [-0.2, -0.15) is 0 Å². The summed E-state index contributed by atoms with van der Waals surface area (Å²) in [5.74, 6) is 1.94. The number of hydrogen-bond acceptors (Lipinski definition) is 7. The highest BCUT2D eigenvalue weighted by molar-refractivity contribution is 7.98. The summed E-state index contributed by atoms with van der Waals surface area (Å²) in [6, 6.07) is 7.80. The summed E-state index contributed by atoms with van der Waals surface area (Å²) in [4.78, 5) is 15.5. The molecule has 0 unspecified atom stereocenters. The first-order chi connectivity index (χ1) is 12.8. The lowest BCUT2D eigenvalue weighted by Gasteiger charge is -2.09. The second kappa shape index (κ2) is 7.30. The molecular formula is C16H15ClN8S. The van der Waals surface area contributed by atoms with Crippen LogP contribution in [0, 0.1) is 0 Å². The molecule has 0 saturated carbocycles. The van der Waals surface area contributed by atoms with Crippen molar-refractivity contribution in [3.8, 4) is 0 Å². The number of thioether (sulfide) groups is 1. The predicted octanol–water partition coefficient (Wildman–Crippen LogP) is 3.65. The number of hydrogen-bond donors (Lipinski definition) is 2. The molecule has 0 saturated heterocycles. The first kappa shape index (κ1) is 16.8. The van der Waals surface area contributed by atoms with Crippen LogP contribution in [-0.2, 0) is 12.3 Å². The van der Waals surface area contributed by atoms with Gasteiger partial charge in [0.1, 0.15) is 11.8 Å². The van der Waals surface area contributed by atoms with Crippen LogP contribution in [0.5, 0.6) is 0 Å². The number of benzene rings is 1. The number of rotatable bonds is 6. The van der Waals surface area contributed by atoms with Gasteiger partial charge in [0.2, 0.25) is 5.95 Å². The minimum absolute atomic E-state index is 0.596. The Hall–Kier alpha value is -2.65. The Balaban J connectivity index is 1.57. The van der Waals surface area contributed by atoms with Crippen LogP contribution in [0.4, 0.5) is 11.8 Å². The molecule has 0 amide bonds. The zero-order valence-electron chi connectivity index (χ0n) is 13.8. The monoisotopic (exact) mass is 386 g/mol. The van der Waals surface area contributed by atoms with E-state index < -0.39 is 0 Å². The van der Waals surface area contributed by atoms with Gasteiger partial charge in [-0.3, -0.25) is 4.57 Å². The van der Waals surface area contributed by atoms with E-state index in [-0.39, 0.29) is 0 Å². The molecule has 0 atom stereocenters. The molecule has 0 aliphatic rings. The molecule has 1 aromatic carbocycles. The fraction of sp³-hybridized carbons (Fsp3) is 0.188. The molecular weight excluding hydrogens is 372 g/mol. The molecule has 10 heteroatoms. The van der Waals surface area contributed by atoms with E-state index >= 15 is 0 Å². The van der Waals surface area contributed by atoms with Crippen LogP contribution in [0.15, 0.2) is 42.1 Å². The third-order valence-corrected chi connectivity index (χ3v) is 5.19. The van der Waals surface area contributed by atoms with Gasteiger partial charge in [0.05, 0.1) is 6.33 Å². The molecule has 0 aliphatic heterocycles. The van der Waals surface area contributed by atoms with Gasteiger partial charge in [-0.05, 0) is 18.6 Å². The molecule has 3 aromatic heterocycles. The van der Waals surface area contributed by atoms with E-state index in [0.29, 0.717) is 17.4 Å². The summed E-state index contributed by atoms with van der Waals surface area (Å²) in [5.41, 5.74) is 2.39. The van der Waals surface area contributed by atoms with Crippen molar-refractivity contribution >= 4 is 46.3 Å². The summed E-state index contributed by atoms with van der Waals surface area (Å²) < 4.78 is 1.99. The van der Waals surface area contributed by atoms with Crippen LogP contribution < -0.4 is 5.32 Å². The van der Waals surface area contributed by atoms with E-state index in [1.54, 1.807) is 18.1 Å². The topological polar surface area (TPSA) is 97.2 Å². The van der Waals surface area contributed by atoms with Gasteiger partial charge in [0.15, 0.2) is 16.6 Å². The van der Waals surface area contributed by atoms with Crippen molar-refractivity contribution in [2.24, 2.45) is 0 Å². The number of aromatic nitrogens is 7. The number of halogens is 1. The normalized spacial score (nSPS) is 11.2. The lowest BCUT2D eigenvalue weighted by atomic mass is 10.2. The van der Waals surface area contributed by atoms with Gasteiger partial charge in [-0.1, -0.05) is 41.6 Å². The van der Waals surface area contributed by atoms with Crippen molar-refractivity contribution in [3.05, 3.63) is 47.5 Å². The van der Waals surface area contributed by atoms with Gasteiger partial charge >= 0.3 is 0 Å². The highest BCUT2D eigenvalue weighted by Gasteiger charge is 2.14. The summed E-state index contributed by atoms with van der Waals surface area (Å²) in [5, 5.41) is 13.3. The Morgan fingerprint density at radius 2 is 2.08 bits per heavy atom. The maximum atomic E-state index is 6.23. The van der Waals surface area contributed by atoms with Crippen LogP contribution in [0.2, 0.25) is 5.02 Å². The van der Waals surface area contributed by atoms with Crippen LogP contribution >= 0.6 is 23.4 Å². The van der Waals surface area contributed by atoms with Gasteiger partial charge in [0, 0.05) is 17.3 Å². The second-order valence-electron chi connectivity index (χ2n) is 5.38. The third-order valence-electron chi connectivity index (χ3n) is 3.80. The Kier molecular flexibility index (Phi) is 4.72. The molecule has 2 N–H and O–H groups in total. The average Bonchev–Trinajstić information content (AvgIpc) is 3.28. The number of nitrogens with zero attached hydrogens (tertiary/aromatic N) is 6. The van der Waals surface area contributed by atoms with E-state index in [4.69, 9.17) is 11.6 Å². The standard InChI is InChI=1S/C16H15ClN8S/c1-2-25-15(22-14-12-13(19-8-18-12)20-9-21-14)23-24-16(25)26-7-10-5-3-4-6-11(10)17/h3-6,8-9H,2,7H2,1H3,(H2,18,19,20,21,22,23). The molecule has 132 valence electrons. The number of nitrogens with one attached hydrogen (secondary N) is 2. The van der Waals surface area contributed by atoms with Gasteiger partial charge in [-0.15, -0.1) is 10.2 Å². The Bertz CT molecular complexity index is 1040. The number of H-pyrrole nitrogens is 1. The van der Waals surface area contributed by atoms with E-state index in [0.717, 1.165) is 33.6 Å². The van der Waals surface area contributed by atoms with Crippen LogP contribution in [0.25, 0.3) is 11.2 Å². The molecule has 0 fully saturated rings. The number of aromatic amines is 1. The van der Waals surface area contributed by atoms with Crippen molar-refractivity contribution in [2.45, 2.75) is 24.4 Å². The fourth-order valence-corrected chi connectivity index (χ4v) is 3.78. The van der Waals surface area contributed by atoms with Crippen molar-refractivity contribution in [1.82, 2.24) is 34.7 Å². The Labute approximate surface area is 158 Å². The number of fused-ring (bicyclic) bond motifs is 1. The van der Waals surface area contributed by atoms with Crippen LogP contribution in [0.3, 0.4) is 0 Å². The fourth-order valence-electron chi connectivity index (χ4n) is 2.50. The van der Waals surface area contributed by atoms with Gasteiger partial charge in [0.25, 0.3) is 0 Å². The largest absolute Gasteiger partial charge is 0.340 e. The minimum atomic E-state index is 0.596. The summed E-state index contributed by atoms with van der Waals surface area (Å²) in [7, 11) is 0. The maximum absolute atomic E-state index is 6.23. The SMILES string of the molecule is CCn1c(Nc2ncnc3nc[nH]c23)nnc1SCc1ccccc1Cl. The molecule has 0 spiro atoms. The third kappa shape index (κ3) is 3.23. The number of imidazole rings is 1. The van der Waals surface area contributed by atoms with E-state index in [1.165, 1.54) is 6.33 Å². The van der Waals surface area contributed by atoms with Crippen molar-refractivity contribution in [3.63, 3.8) is 0 Å². The van der Waals surface area contributed by atoms with Crippen molar-refractivity contribution < 1.29 is 0 Å². The highest BCUT2D eigenvalue weighted by atomic mass is 35.5. The quantitative estimate of drug-likeness (QED) is 0.488. The van der Waals surface area contributed by atoms with Crippen molar-refractivity contribution in [1.29, 1.82) is 0 Å². The molecule has 0 radical (unpaired) electrons. The average molecular weight is 387 g/mol. The molecule has 8 nitrogen and oxygen atoms in total. The van der Waals surface area contributed by atoms with E-state index in [9.17, 15) is 0 Å². The summed E-state index contributed by atoms with van der Waals surface area (Å²) >= 11 is 7.82.